The lowest BCUT2D eigenvalue weighted by Crippen LogP contribution is -1.98. The van der Waals surface area contributed by atoms with E-state index in [0.717, 1.165) is 32.3 Å². The second-order valence-electron chi connectivity index (χ2n) is 4.67. The molecule has 0 saturated carbocycles. The lowest BCUT2D eigenvalue weighted by molar-refractivity contribution is 0.305. The zero-order valence-electron chi connectivity index (χ0n) is 11.2. The number of fused-ring (bicyclic) bond motifs is 1. The van der Waals surface area contributed by atoms with E-state index in [1.165, 1.54) is 0 Å². The Kier molecular flexibility index (Phi) is 4.42. The molecule has 106 valence electrons. The number of rotatable bonds is 4. The molecule has 0 aliphatic carbocycles. The van der Waals surface area contributed by atoms with Crippen molar-refractivity contribution in [3.63, 3.8) is 0 Å². The summed E-state index contributed by atoms with van der Waals surface area (Å²) in [5.74, 6) is 1.30. The summed E-state index contributed by atoms with van der Waals surface area (Å²) in [6, 6.07) is 15.9. The van der Waals surface area contributed by atoms with Gasteiger partial charge in [-0.2, -0.15) is 0 Å². The van der Waals surface area contributed by atoms with E-state index in [-0.39, 0.29) is 0 Å². The summed E-state index contributed by atoms with van der Waals surface area (Å²) in [6.07, 6.45) is 1.81. The van der Waals surface area contributed by atoms with Gasteiger partial charge >= 0.3 is 0 Å². The first-order valence-corrected chi connectivity index (χ1v) is 7.90. The molecular formula is C17H13BrClNO. The maximum Gasteiger partial charge on any atom is 0.134 e. The molecule has 4 heteroatoms. The lowest BCUT2D eigenvalue weighted by Gasteiger charge is -2.11. The molecule has 0 saturated heterocycles. The number of hydrogen-bond donors (Lipinski definition) is 0. The third-order valence-corrected chi connectivity index (χ3v) is 4.20. The fourth-order valence-corrected chi connectivity index (χ4v) is 2.89. The van der Waals surface area contributed by atoms with Gasteiger partial charge in [0.05, 0.1) is 9.99 Å². The van der Waals surface area contributed by atoms with E-state index in [0.29, 0.717) is 12.5 Å². The summed E-state index contributed by atoms with van der Waals surface area (Å²) < 4.78 is 6.83. The summed E-state index contributed by atoms with van der Waals surface area (Å²) in [4.78, 5) is 4.36. The molecule has 21 heavy (non-hydrogen) atoms. The van der Waals surface area contributed by atoms with Gasteiger partial charge in [0.15, 0.2) is 0 Å². The van der Waals surface area contributed by atoms with Crippen LogP contribution in [0.3, 0.4) is 0 Å². The number of pyridine rings is 1. The number of aromatic nitrogens is 1. The Hall–Kier alpha value is -1.58. The van der Waals surface area contributed by atoms with Gasteiger partial charge in [-0.15, -0.1) is 11.6 Å². The molecule has 0 atom stereocenters. The van der Waals surface area contributed by atoms with Crippen LogP contribution in [-0.4, -0.2) is 4.98 Å². The monoisotopic (exact) mass is 361 g/mol. The van der Waals surface area contributed by atoms with Crippen molar-refractivity contribution in [2.45, 2.75) is 12.5 Å². The van der Waals surface area contributed by atoms with Gasteiger partial charge in [0.2, 0.25) is 0 Å². The van der Waals surface area contributed by atoms with Crippen LogP contribution in [0.1, 0.15) is 11.1 Å². The Morgan fingerprint density at radius 3 is 2.76 bits per heavy atom. The minimum Gasteiger partial charge on any atom is -0.488 e. The maximum atomic E-state index is 5.91. The predicted molar refractivity (Wildman–Crippen MR) is 89.8 cm³/mol. The van der Waals surface area contributed by atoms with Crippen LogP contribution in [0.15, 0.2) is 59.2 Å². The highest BCUT2D eigenvalue weighted by Crippen LogP contribution is 2.28. The number of ether oxygens (including phenoxy) is 1. The summed E-state index contributed by atoms with van der Waals surface area (Å²) >= 11 is 9.34. The predicted octanol–water partition coefficient (Wildman–Crippen LogP) is 5.32. The van der Waals surface area contributed by atoms with Gasteiger partial charge in [-0.25, -0.2) is 0 Å². The van der Waals surface area contributed by atoms with Crippen molar-refractivity contribution in [1.29, 1.82) is 0 Å². The molecule has 0 fully saturated rings. The standard InChI is InChI=1S/C17H13BrClNO/c18-15-9-12(10-19)5-6-17(15)21-11-13-7-8-20-16-4-2-1-3-14(13)16/h1-9H,10-11H2. The quantitative estimate of drug-likeness (QED) is 0.586. The smallest absolute Gasteiger partial charge is 0.134 e. The largest absolute Gasteiger partial charge is 0.488 e. The van der Waals surface area contributed by atoms with E-state index < -0.39 is 0 Å². The molecule has 0 radical (unpaired) electrons. The molecule has 0 amide bonds. The van der Waals surface area contributed by atoms with Crippen molar-refractivity contribution in [2.24, 2.45) is 0 Å². The van der Waals surface area contributed by atoms with Gasteiger partial charge in [0.25, 0.3) is 0 Å². The Morgan fingerprint density at radius 1 is 1.10 bits per heavy atom. The van der Waals surface area contributed by atoms with Crippen LogP contribution in [0.4, 0.5) is 0 Å². The van der Waals surface area contributed by atoms with Gasteiger partial charge in [-0.1, -0.05) is 24.3 Å². The van der Waals surface area contributed by atoms with E-state index in [1.807, 2.05) is 48.7 Å². The average Bonchev–Trinajstić information content (AvgIpc) is 2.53. The summed E-state index contributed by atoms with van der Waals surface area (Å²) in [5.41, 5.74) is 3.16. The molecule has 1 heterocycles. The fourth-order valence-electron chi connectivity index (χ4n) is 2.18. The maximum absolute atomic E-state index is 5.91. The third kappa shape index (κ3) is 3.20. The second-order valence-corrected chi connectivity index (χ2v) is 5.80. The molecule has 0 bridgehead atoms. The number of alkyl halides is 1. The normalized spacial score (nSPS) is 10.8. The highest BCUT2D eigenvalue weighted by Gasteiger charge is 2.05. The van der Waals surface area contributed by atoms with Crippen LogP contribution in [-0.2, 0) is 12.5 Å². The molecule has 3 rings (SSSR count). The Morgan fingerprint density at radius 2 is 1.95 bits per heavy atom. The summed E-state index contributed by atoms with van der Waals surface area (Å²) in [7, 11) is 0. The number of benzene rings is 2. The Balaban J connectivity index is 1.84. The third-order valence-electron chi connectivity index (χ3n) is 3.27. The lowest BCUT2D eigenvalue weighted by atomic mass is 10.1. The van der Waals surface area contributed by atoms with E-state index in [9.17, 15) is 0 Å². The average molecular weight is 363 g/mol. The number of para-hydroxylation sites is 1. The van der Waals surface area contributed by atoms with Crippen LogP contribution < -0.4 is 4.74 Å². The molecule has 0 aliphatic rings. The zero-order chi connectivity index (χ0) is 14.7. The Bertz CT molecular complexity index is 770. The molecule has 0 unspecified atom stereocenters. The number of hydrogen-bond acceptors (Lipinski definition) is 2. The van der Waals surface area contributed by atoms with Crippen molar-refractivity contribution >= 4 is 38.4 Å². The topological polar surface area (TPSA) is 22.1 Å². The van der Waals surface area contributed by atoms with Gasteiger partial charge in [0, 0.05) is 23.0 Å². The van der Waals surface area contributed by atoms with Crippen LogP contribution >= 0.6 is 27.5 Å². The second kappa shape index (κ2) is 6.46. The first-order chi connectivity index (χ1) is 10.3. The van der Waals surface area contributed by atoms with Crippen LogP contribution in [0, 0.1) is 0 Å². The summed E-state index contributed by atoms with van der Waals surface area (Å²) in [6.45, 7) is 0.502. The highest BCUT2D eigenvalue weighted by atomic mass is 79.9. The zero-order valence-corrected chi connectivity index (χ0v) is 13.6. The summed E-state index contributed by atoms with van der Waals surface area (Å²) in [5, 5.41) is 1.12. The van der Waals surface area contributed by atoms with Gasteiger partial charge < -0.3 is 4.74 Å². The minimum atomic E-state index is 0.494. The molecule has 2 nitrogen and oxygen atoms in total. The first kappa shape index (κ1) is 14.4. The van der Waals surface area contributed by atoms with Gasteiger partial charge in [-0.05, 0) is 45.8 Å². The van der Waals surface area contributed by atoms with Crippen molar-refractivity contribution in [3.05, 3.63) is 70.3 Å². The van der Waals surface area contributed by atoms with E-state index in [1.54, 1.807) is 0 Å². The van der Waals surface area contributed by atoms with Crippen molar-refractivity contribution in [3.8, 4) is 5.75 Å². The molecule has 0 spiro atoms. The van der Waals surface area contributed by atoms with Gasteiger partial charge in [-0.3, -0.25) is 4.98 Å². The van der Waals surface area contributed by atoms with Crippen LogP contribution in [0.2, 0.25) is 0 Å². The SMILES string of the molecule is ClCc1ccc(OCc2ccnc3ccccc23)c(Br)c1. The molecule has 2 aromatic carbocycles. The molecular weight excluding hydrogens is 350 g/mol. The van der Waals surface area contributed by atoms with Crippen molar-refractivity contribution in [2.75, 3.05) is 0 Å². The van der Waals surface area contributed by atoms with E-state index >= 15 is 0 Å². The van der Waals surface area contributed by atoms with E-state index in [4.69, 9.17) is 16.3 Å². The highest BCUT2D eigenvalue weighted by molar-refractivity contribution is 9.10. The van der Waals surface area contributed by atoms with Crippen LogP contribution in [0.5, 0.6) is 5.75 Å². The Labute approximate surface area is 136 Å². The fraction of sp³-hybridized carbons (Fsp3) is 0.118. The number of halogens is 2. The first-order valence-electron chi connectivity index (χ1n) is 6.58. The molecule has 0 aliphatic heterocycles. The minimum absolute atomic E-state index is 0.494. The van der Waals surface area contributed by atoms with Crippen molar-refractivity contribution in [1.82, 2.24) is 4.98 Å². The van der Waals surface area contributed by atoms with Crippen molar-refractivity contribution < 1.29 is 4.74 Å². The van der Waals surface area contributed by atoms with Gasteiger partial charge in [0.1, 0.15) is 12.4 Å². The molecule has 1 aromatic heterocycles. The molecule has 0 N–H and O–H groups in total. The van der Waals surface area contributed by atoms with Crippen LogP contribution in [0.25, 0.3) is 10.9 Å². The molecule has 3 aromatic rings. The number of nitrogens with zero attached hydrogens (tertiary/aromatic N) is 1. The van der Waals surface area contributed by atoms with E-state index in [2.05, 4.69) is 27.0 Å².